The maximum absolute atomic E-state index is 11.9. The summed E-state index contributed by atoms with van der Waals surface area (Å²) in [7, 11) is 2.01. The van der Waals surface area contributed by atoms with Crippen molar-refractivity contribution < 1.29 is 4.79 Å². The van der Waals surface area contributed by atoms with Gasteiger partial charge in [-0.05, 0) is 50.3 Å². The Bertz CT molecular complexity index is 458. The highest BCUT2D eigenvalue weighted by atomic mass is 32.2. The standard InChI is InChI=1S/C15H21NOS/c1-4-13(17)11-6-7-14-12(10-11)15(2,16-3)8-5-9-18-14/h6-7,10,16H,4-5,8-9H2,1-3H3. The molecule has 18 heavy (non-hydrogen) atoms. The number of Topliss-reactive ketones (excluding diaryl/α,β-unsaturated/α-hetero) is 1. The third-order valence-electron chi connectivity index (χ3n) is 3.85. The molecule has 0 spiro atoms. The molecule has 98 valence electrons. The molecular formula is C15H21NOS. The topological polar surface area (TPSA) is 29.1 Å². The Kier molecular flexibility index (Phi) is 4.13. The fraction of sp³-hybridized carbons (Fsp3) is 0.533. The summed E-state index contributed by atoms with van der Waals surface area (Å²) < 4.78 is 0. The van der Waals surface area contributed by atoms with Crippen LogP contribution in [0.3, 0.4) is 0 Å². The second kappa shape index (κ2) is 5.45. The van der Waals surface area contributed by atoms with E-state index in [0.717, 1.165) is 17.7 Å². The lowest BCUT2D eigenvalue weighted by molar-refractivity contribution is 0.0988. The van der Waals surface area contributed by atoms with Gasteiger partial charge in [0.2, 0.25) is 0 Å². The van der Waals surface area contributed by atoms with Crippen molar-refractivity contribution in [1.29, 1.82) is 0 Å². The largest absolute Gasteiger partial charge is 0.311 e. The zero-order valence-electron chi connectivity index (χ0n) is 11.4. The zero-order valence-corrected chi connectivity index (χ0v) is 12.2. The summed E-state index contributed by atoms with van der Waals surface area (Å²) in [6.07, 6.45) is 2.89. The van der Waals surface area contributed by atoms with Crippen LogP contribution >= 0.6 is 11.8 Å². The van der Waals surface area contributed by atoms with Crippen molar-refractivity contribution in [2.45, 2.75) is 43.5 Å². The number of thioether (sulfide) groups is 1. The van der Waals surface area contributed by atoms with Gasteiger partial charge in [-0.1, -0.05) is 13.0 Å². The zero-order chi connectivity index (χ0) is 13.2. The SMILES string of the molecule is CCC(=O)c1ccc2c(c1)C(C)(NC)CCCS2. The minimum atomic E-state index is -0.0110. The van der Waals surface area contributed by atoms with Gasteiger partial charge in [0, 0.05) is 22.4 Å². The predicted octanol–water partition coefficient (Wildman–Crippen LogP) is 3.60. The summed E-state index contributed by atoms with van der Waals surface area (Å²) in [5.41, 5.74) is 2.12. The molecule has 1 aromatic rings. The molecule has 1 aliphatic heterocycles. The van der Waals surface area contributed by atoms with Gasteiger partial charge in [0.15, 0.2) is 5.78 Å². The normalized spacial score (nSPS) is 23.3. The summed E-state index contributed by atoms with van der Waals surface area (Å²) in [4.78, 5) is 13.2. The van der Waals surface area contributed by atoms with Gasteiger partial charge in [0.1, 0.15) is 0 Å². The highest BCUT2D eigenvalue weighted by Gasteiger charge is 2.29. The van der Waals surface area contributed by atoms with E-state index in [-0.39, 0.29) is 11.3 Å². The van der Waals surface area contributed by atoms with Gasteiger partial charge in [-0.3, -0.25) is 4.79 Å². The van der Waals surface area contributed by atoms with E-state index >= 15 is 0 Å². The highest BCUT2D eigenvalue weighted by molar-refractivity contribution is 7.99. The van der Waals surface area contributed by atoms with E-state index in [9.17, 15) is 4.79 Å². The van der Waals surface area contributed by atoms with Crippen molar-refractivity contribution in [2.75, 3.05) is 12.8 Å². The Balaban J connectivity index is 2.50. The summed E-state index contributed by atoms with van der Waals surface area (Å²) >= 11 is 1.90. The van der Waals surface area contributed by atoms with Crippen LogP contribution in [-0.2, 0) is 5.54 Å². The molecule has 0 saturated heterocycles. The number of carbonyl (C=O) groups is 1. The molecule has 0 amide bonds. The molecule has 0 bridgehead atoms. The first-order valence-corrected chi connectivity index (χ1v) is 7.58. The highest BCUT2D eigenvalue weighted by Crippen LogP contribution is 2.39. The van der Waals surface area contributed by atoms with Crippen LogP contribution in [0.15, 0.2) is 23.1 Å². The molecule has 1 heterocycles. The fourth-order valence-corrected chi connectivity index (χ4v) is 3.58. The number of rotatable bonds is 3. The molecule has 1 unspecified atom stereocenters. The summed E-state index contributed by atoms with van der Waals surface area (Å²) in [6, 6.07) is 6.18. The van der Waals surface area contributed by atoms with Crippen LogP contribution in [0.1, 0.15) is 49.0 Å². The third kappa shape index (κ3) is 2.47. The van der Waals surface area contributed by atoms with Crippen molar-refractivity contribution in [3.8, 4) is 0 Å². The molecule has 1 atom stereocenters. The smallest absolute Gasteiger partial charge is 0.162 e. The summed E-state index contributed by atoms with van der Waals surface area (Å²) in [6.45, 7) is 4.15. The van der Waals surface area contributed by atoms with Crippen LogP contribution in [0.5, 0.6) is 0 Å². The Hall–Kier alpha value is -0.800. The number of nitrogens with one attached hydrogen (secondary N) is 1. The van der Waals surface area contributed by atoms with Crippen LogP contribution in [0.2, 0.25) is 0 Å². The van der Waals surface area contributed by atoms with Crippen LogP contribution in [0.25, 0.3) is 0 Å². The molecule has 0 radical (unpaired) electrons. The van der Waals surface area contributed by atoms with E-state index in [1.165, 1.54) is 16.9 Å². The molecule has 1 aromatic carbocycles. The molecule has 0 aliphatic carbocycles. The number of ketones is 1. The average Bonchev–Trinajstić information content (AvgIpc) is 2.58. The average molecular weight is 263 g/mol. The predicted molar refractivity (Wildman–Crippen MR) is 77.4 cm³/mol. The molecule has 2 rings (SSSR count). The fourth-order valence-electron chi connectivity index (χ4n) is 2.47. The van der Waals surface area contributed by atoms with Gasteiger partial charge >= 0.3 is 0 Å². The minimum absolute atomic E-state index is 0.0110. The monoisotopic (exact) mass is 263 g/mol. The lowest BCUT2D eigenvalue weighted by Crippen LogP contribution is -2.36. The molecule has 2 nitrogen and oxygen atoms in total. The second-order valence-electron chi connectivity index (χ2n) is 5.02. The number of carbonyl (C=O) groups excluding carboxylic acids is 1. The van der Waals surface area contributed by atoms with Gasteiger partial charge in [-0.2, -0.15) is 0 Å². The first kappa shape index (κ1) is 13.6. The first-order valence-electron chi connectivity index (χ1n) is 6.60. The summed E-state index contributed by atoms with van der Waals surface area (Å²) in [5, 5.41) is 3.44. The van der Waals surface area contributed by atoms with E-state index in [0.29, 0.717) is 6.42 Å². The van der Waals surface area contributed by atoms with E-state index in [4.69, 9.17) is 0 Å². The number of hydrogen-bond acceptors (Lipinski definition) is 3. The van der Waals surface area contributed by atoms with Crippen molar-refractivity contribution in [1.82, 2.24) is 5.32 Å². The Morgan fingerprint density at radius 1 is 1.50 bits per heavy atom. The van der Waals surface area contributed by atoms with E-state index in [1.54, 1.807) is 0 Å². The lowest BCUT2D eigenvalue weighted by atomic mass is 9.86. The van der Waals surface area contributed by atoms with Crippen LogP contribution in [-0.4, -0.2) is 18.6 Å². The van der Waals surface area contributed by atoms with Crippen molar-refractivity contribution in [3.05, 3.63) is 29.3 Å². The van der Waals surface area contributed by atoms with Gasteiger partial charge in [-0.25, -0.2) is 0 Å². The molecule has 3 heteroatoms. The van der Waals surface area contributed by atoms with E-state index < -0.39 is 0 Å². The van der Waals surface area contributed by atoms with E-state index in [1.807, 2.05) is 31.8 Å². The number of benzene rings is 1. The lowest BCUT2D eigenvalue weighted by Gasteiger charge is -2.30. The van der Waals surface area contributed by atoms with Crippen molar-refractivity contribution >= 4 is 17.5 Å². The van der Waals surface area contributed by atoms with Gasteiger partial charge in [0.25, 0.3) is 0 Å². The van der Waals surface area contributed by atoms with E-state index in [2.05, 4.69) is 24.4 Å². The molecule has 1 aliphatic rings. The minimum Gasteiger partial charge on any atom is -0.311 e. The Morgan fingerprint density at radius 3 is 2.94 bits per heavy atom. The molecule has 0 saturated carbocycles. The van der Waals surface area contributed by atoms with Gasteiger partial charge in [-0.15, -0.1) is 11.8 Å². The first-order chi connectivity index (χ1) is 8.60. The van der Waals surface area contributed by atoms with Gasteiger partial charge < -0.3 is 5.32 Å². The molecular weight excluding hydrogens is 242 g/mol. The van der Waals surface area contributed by atoms with Crippen LogP contribution in [0.4, 0.5) is 0 Å². The maximum atomic E-state index is 11.9. The van der Waals surface area contributed by atoms with Crippen LogP contribution < -0.4 is 5.32 Å². The number of hydrogen-bond donors (Lipinski definition) is 1. The van der Waals surface area contributed by atoms with Crippen LogP contribution in [0, 0.1) is 0 Å². The van der Waals surface area contributed by atoms with Crippen molar-refractivity contribution in [3.63, 3.8) is 0 Å². The molecule has 0 aromatic heterocycles. The quantitative estimate of drug-likeness (QED) is 0.845. The molecule has 1 N–H and O–H groups in total. The summed E-state index contributed by atoms with van der Waals surface area (Å²) in [5.74, 6) is 1.39. The molecule has 0 fully saturated rings. The second-order valence-corrected chi connectivity index (χ2v) is 6.16. The maximum Gasteiger partial charge on any atom is 0.162 e. The van der Waals surface area contributed by atoms with Crippen molar-refractivity contribution in [2.24, 2.45) is 0 Å². The Labute approximate surface area is 114 Å². The third-order valence-corrected chi connectivity index (χ3v) is 5.01. The van der Waals surface area contributed by atoms with Gasteiger partial charge in [0.05, 0.1) is 0 Å². The Morgan fingerprint density at radius 2 is 2.28 bits per heavy atom. The number of fused-ring (bicyclic) bond motifs is 1.